The van der Waals surface area contributed by atoms with E-state index >= 15 is 0 Å². The summed E-state index contributed by atoms with van der Waals surface area (Å²) in [6, 6.07) is 15.9. The molecular weight excluding hydrogens is 329 g/mol. The highest BCUT2D eigenvalue weighted by molar-refractivity contribution is 9.10. The Bertz CT molecular complexity index is 585. The largest absolute Gasteiger partial charge is 0.319 e. The van der Waals surface area contributed by atoms with E-state index in [4.69, 9.17) is 0 Å². The van der Waals surface area contributed by atoms with Crippen LogP contribution in [0.2, 0.25) is 0 Å². The summed E-state index contributed by atoms with van der Waals surface area (Å²) in [4.78, 5) is 0. The molecule has 0 aliphatic carbocycles. The van der Waals surface area contributed by atoms with Crippen LogP contribution in [0.4, 0.5) is 4.39 Å². The Hall–Kier alpha value is -1.19. The first-order chi connectivity index (χ1) is 10.1. The van der Waals surface area contributed by atoms with Gasteiger partial charge in [0.1, 0.15) is 5.82 Å². The van der Waals surface area contributed by atoms with Crippen molar-refractivity contribution in [3.05, 3.63) is 69.9 Å². The van der Waals surface area contributed by atoms with Crippen LogP contribution >= 0.6 is 15.9 Å². The Morgan fingerprint density at radius 3 is 2.43 bits per heavy atom. The van der Waals surface area contributed by atoms with Gasteiger partial charge in [-0.3, -0.25) is 0 Å². The highest BCUT2D eigenvalue weighted by Gasteiger charge is 2.30. The van der Waals surface area contributed by atoms with Crippen molar-refractivity contribution in [2.24, 2.45) is 0 Å². The molecule has 1 N–H and O–H groups in total. The van der Waals surface area contributed by atoms with Crippen LogP contribution in [-0.2, 0) is 11.8 Å². The molecule has 1 atom stereocenters. The Morgan fingerprint density at radius 1 is 1.14 bits per heavy atom. The van der Waals surface area contributed by atoms with Gasteiger partial charge >= 0.3 is 0 Å². The number of rotatable bonds is 6. The summed E-state index contributed by atoms with van der Waals surface area (Å²) in [6.45, 7) is 3.10. The maximum Gasteiger partial charge on any atom is 0.137 e. The van der Waals surface area contributed by atoms with Gasteiger partial charge in [-0.25, -0.2) is 4.39 Å². The molecule has 21 heavy (non-hydrogen) atoms. The number of benzene rings is 2. The van der Waals surface area contributed by atoms with Gasteiger partial charge in [0.25, 0.3) is 0 Å². The SMILES string of the molecule is CCC(CNC)(Cc1ccc(F)c(Br)c1)c1ccccc1. The maximum atomic E-state index is 13.4. The molecule has 0 aliphatic heterocycles. The summed E-state index contributed by atoms with van der Waals surface area (Å²) in [5.41, 5.74) is 2.49. The van der Waals surface area contributed by atoms with Crippen molar-refractivity contribution < 1.29 is 4.39 Å². The molecule has 0 saturated heterocycles. The van der Waals surface area contributed by atoms with Gasteiger partial charge in [-0.1, -0.05) is 43.3 Å². The van der Waals surface area contributed by atoms with Crippen LogP contribution in [0.25, 0.3) is 0 Å². The van der Waals surface area contributed by atoms with Crippen molar-refractivity contribution in [1.82, 2.24) is 5.32 Å². The Balaban J connectivity index is 2.38. The average Bonchev–Trinajstić information content (AvgIpc) is 2.51. The fraction of sp³-hybridized carbons (Fsp3) is 0.333. The van der Waals surface area contributed by atoms with Crippen molar-refractivity contribution in [3.63, 3.8) is 0 Å². The zero-order chi connectivity index (χ0) is 15.3. The van der Waals surface area contributed by atoms with Gasteiger partial charge in [0.05, 0.1) is 4.47 Å². The second-order valence-electron chi connectivity index (χ2n) is 5.46. The molecule has 0 radical (unpaired) electrons. The van der Waals surface area contributed by atoms with E-state index in [1.165, 1.54) is 11.6 Å². The third-order valence-electron chi connectivity index (χ3n) is 4.10. The average molecular weight is 350 g/mol. The second-order valence-corrected chi connectivity index (χ2v) is 6.31. The molecule has 0 amide bonds. The molecular formula is C18H21BrFN. The quantitative estimate of drug-likeness (QED) is 0.796. The van der Waals surface area contributed by atoms with E-state index in [-0.39, 0.29) is 11.2 Å². The van der Waals surface area contributed by atoms with Gasteiger partial charge in [-0.2, -0.15) is 0 Å². The van der Waals surface area contributed by atoms with Gasteiger partial charge in [-0.15, -0.1) is 0 Å². The topological polar surface area (TPSA) is 12.0 Å². The third-order valence-corrected chi connectivity index (χ3v) is 4.71. The Morgan fingerprint density at radius 2 is 1.86 bits per heavy atom. The molecule has 2 aromatic rings. The highest BCUT2D eigenvalue weighted by atomic mass is 79.9. The molecule has 112 valence electrons. The summed E-state index contributed by atoms with van der Waals surface area (Å²) in [5.74, 6) is -0.214. The predicted octanol–water partition coefficient (Wildman–Crippen LogP) is 4.70. The van der Waals surface area contributed by atoms with E-state index in [0.29, 0.717) is 4.47 Å². The number of likely N-dealkylation sites (N-methyl/N-ethyl adjacent to an activating group) is 1. The van der Waals surface area contributed by atoms with Crippen molar-refractivity contribution in [1.29, 1.82) is 0 Å². The van der Waals surface area contributed by atoms with Crippen molar-refractivity contribution in [2.45, 2.75) is 25.2 Å². The minimum absolute atomic E-state index is 0.0211. The number of hydrogen-bond acceptors (Lipinski definition) is 1. The van der Waals surface area contributed by atoms with Crippen molar-refractivity contribution in [2.75, 3.05) is 13.6 Å². The van der Waals surface area contributed by atoms with Gasteiger partial charge in [-0.05, 0) is 59.1 Å². The summed E-state index contributed by atoms with van der Waals surface area (Å²) < 4.78 is 14.0. The summed E-state index contributed by atoms with van der Waals surface area (Å²) in [5, 5.41) is 3.32. The summed E-state index contributed by atoms with van der Waals surface area (Å²) >= 11 is 3.28. The molecule has 0 aromatic heterocycles. The standard InChI is InChI=1S/C18H21BrFN/c1-3-18(13-21-2,15-7-5-4-6-8-15)12-14-9-10-17(20)16(19)11-14/h4-11,21H,3,12-13H2,1-2H3. The molecule has 0 aliphatic rings. The van der Waals surface area contributed by atoms with Crippen LogP contribution in [0, 0.1) is 5.82 Å². The lowest BCUT2D eigenvalue weighted by molar-refractivity contribution is 0.390. The van der Waals surface area contributed by atoms with Gasteiger partial charge in [0.2, 0.25) is 0 Å². The first kappa shape index (κ1) is 16.2. The van der Waals surface area contributed by atoms with E-state index in [1.807, 2.05) is 25.2 Å². The van der Waals surface area contributed by atoms with Crippen LogP contribution in [0.3, 0.4) is 0 Å². The lowest BCUT2D eigenvalue weighted by atomic mass is 9.73. The van der Waals surface area contributed by atoms with E-state index in [0.717, 1.165) is 24.9 Å². The van der Waals surface area contributed by atoms with Crippen molar-refractivity contribution >= 4 is 15.9 Å². The van der Waals surface area contributed by atoms with Gasteiger partial charge in [0.15, 0.2) is 0 Å². The first-order valence-electron chi connectivity index (χ1n) is 7.25. The summed E-state index contributed by atoms with van der Waals surface area (Å²) in [7, 11) is 1.98. The lowest BCUT2D eigenvalue weighted by Gasteiger charge is -2.34. The molecule has 2 aromatic carbocycles. The zero-order valence-electron chi connectivity index (χ0n) is 12.5. The molecule has 0 bridgehead atoms. The summed E-state index contributed by atoms with van der Waals surface area (Å²) in [6.07, 6.45) is 1.90. The van der Waals surface area contributed by atoms with Crippen LogP contribution < -0.4 is 5.32 Å². The van der Waals surface area contributed by atoms with Crippen molar-refractivity contribution in [3.8, 4) is 0 Å². The number of halogens is 2. The smallest absolute Gasteiger partial charge is 0.137 e. The molecule has 0 heterocycles. The number of hydrogen-bond donors (Lipinski definition) is 1. The zero-order valence-corrected chi connectivity index (χ0v) is 14.1. The normalized spacial score (nSPS) is 13.9. The monoisotopic (exact) mass is 349 g/mol. The third kappa shape index (κ3) is 3.72. The van der Waals surface area contributed by atoms with E-state index in [1.54, 1.807) is 0 Å². The van der Waals surface area contributed by atoms with Gasteiger partial charge in [0, 0.05) is 12.0 Å². The molecule has 0 fully saturated rings. The Kier molecular flexibility index (Phi) is 5.54. The van der Waals surface area contributed by atoms with E-state index in [9.17, 15) is 4.39 Å². The van der Waals surface area contributed by atoms with Crippen LogP contribution in [0.5, 0.6) is 0 Å². The second kappa shape index (κ2) is 7.19. The minimum atomic E-state index is -0.214. The van der Waals surface area contributed by atoms with E-state index < -0.39 is 0 Å². The molecule has 0 spiro atoms. The number of nitrogens with one attached hydrogen (secondary N) is 1. The fourth-order valence-corrected chi connectivity index (χ4v) is 3.32. The Labute approximate surface area is 134 Å². The highest BCUT2D eigenvalue weighted by Crippen LogP contribution is 2.32. The van der Waals surface area contributed by atoms with Crippen LogP contribution in [-0.4, -0.2) is 13.6 Å². The lowest BCUT2D eigenvalue weighted by Crippen LogP contribution is -2.38. The fourth-order valence-electron chi connectivity index (χ4n) is 2.89. The predicted molar refractivity (Wildman–Crippen MR) is 90.1 cm³/mol. The molecule has 1 unspecified atom stereocenters. The maximum absolute atomic E-state index is 13.4. The molecule has 3 heteroatoms. The minimum Gasteiger partial charge on any atom is -0.319 e. The van der Waals surface area contributed by atoms with Gasteiger partial charge < -0.3 is 5.32 Å². The first-order valence-corrected chi connectivity index (χ1v) is 8.04. The molecule has 1 nitrogen and oxygen atoms in total. The van der Waals surface area contributed by atoms with E-state index in [2.05, 4.69) is 52.4 Å². The van der Waals surface area contributed by atoms with Crippen LogP contribution in [0.1, 0.15) is 24.5 Å². The van der Waals surface area contributed by atoms with Crippen LogP contribution in [0.15, 0.2) is 53.0 Å². The molecule has 2 rings (SSSR count). The molecule has 0 saturated carbocycles.